The SMILES string of the molecule is CCCCC(CC)C[O][V][O]CC(C)(C)C. The standard InChI is InChI=1S/C8H17O.C5H11O.V/c1-3-5-6-8(4-2)7-9;1-5(2,3)4-6;/h8H,3-7H2,1-2H3;4H2,1-3H3;/q2*-1;+2. The Balaban J connectivity index is 3.41. The number of rotatable bonds is 9. The van der Waals surface area contributed by atoms with Gasteiger partial charge in [0.1, 0.15) is 0 Å². The number of unbranched alkanes of at least 4 members (excludes halogenated alkanes) is 1. The third-order valence-corrected chi connectivity index (χ3v) is 3.22. The Kier molecular flexibility index (Phi) is 9.83. The summed E-state index contributed by atoms with van der Waals surface area (Å²) < 4.78 is 11.2. The molecule has 0 amide bonds. The van der Waals surface area contributed by atoms with Crippen LogP contribution in [0.3, 0.4) is 0 Å². The van der Waals surface area contributed by atoms with Gasteiger partial charge in [0.15, 0.2) is 0 Å². The van der Waals surface area contributed by atoms with E-state index in [4.69, 9.17) is 7.32 Å². The van der Waals surface area contributed by atoms with Gasteiger partial charge in [-0.15, -0.1) is 0 Å². The van der Waals surface area contributed by atoms with Crippen LogP contribution in [0.5, 0.6) is 0 Å². The van der Waals surface area contributed by atoms with Gasteiger partial charge in [-0.2, -0.15) is 0 Å². The van der Waals surface area contributed by atoms with E-state index in [-0.39, 0.29) is 22.4 Å². The minimum atomic E-state index is -0.358. The molecule has 0 aromatic carbocycles. The zero-order valence-corrected chi connectivity index (χ0v) is 13.0. The summed E-state index contributed by atoms with van der Waals surface area (Å²) in [5, 5.41) is 0. The van der Waals surface area contributed by atoms with Crippen LogP contribution < -0.4 is 0 Å². The van der Waals surface area contributed by atoms with Gasteiger partial charge < -0.3 is 0 Å². The Bertz CT molecular complexity index is 155. The maximum absolute atomic E-state index is 5.65. The molecule has 0 spiro atoms. The Hall–Kier alpha value is 0.504. The van der Waals surface area contributed by atoms with Crippen molar-refractivity contribution in [2.75, 3.05) is 13.2 Å². The molecule has 0 aliphatic heterocycles. The molecule has 0 radical (unpaired) electrons. The molecule has 0 heterocycles. The van der Waals surface area contributed by atoms with Crippen LogP contribution >= 0.6 is 0 Å². The van der Waals surface area contributed by atoms with Crippen molar-refractivity contribution in [3.63, 3.8) is 0 Å². The quantitative estimate of drug-likeness (QED) is 0.583. The summed E-state index contributed by atoms with van der Waals surface area (Å²) in [7, 11) is 0. The molecule has 0 aliphatic carbocycles. The first-order valence-electron chi connectivity index (χ1n) is 6.44. The van der Waals surface area contributed by atoms with E-state index >= 15 is 0 Å². The summed E-state index contributed by atoms with van der Waals surface area (Å²) in [4.78, 5) is 0. The predicted molar refractivity (Wildman–Crippen MR) is 64.7 cm³/mol. The second-order valence-electron chi connectivity index (χ2n) is 5.62. The normalized spacial score (nSPS) is 13.8. The Morgan fingerprint density at radius 1 is 1.12 bits per heavy atom. The van der Waals surface area contributed by atoms with Crippen LogP contribution in [0.2, 0.25) is 0 Å². The molecule has 16 heavy (non-hydrogen) atoms. The van der Waals surface area contributed by atoms with Crippen molar-refractivity contribution in [2.24, 2.45) is 11.3 Å². The Labute approximate surface area is 109 Å². The molecule has 0 bridgehead atoms. The Morgan fingerprint density at radius 2 is 1.81 bits per heavy atom. The van der Waals surface area contributed by atoms with E-state index in [9.17, 15) is 0 Å². The van der Waals surface area contributed by atoms with Gasteiger partial charge >= 0.3 is 109 Å². The van der Waals surface area contributed by atoms with Crippen molar-refractivity contribution < 1.29 is 24.3 Å². The third-order valence-electron chi connectivity index (χ3n) is 2.46. The summed E-state index contributed by atoms with van der Waals surface area (Å²) in [6, 6.07) is 0. The fourth-order valence-electron chi connectivity index (χ4n) is 1.29. The van der Waals surface area contributed by atoms with E-state index in [1.54, 1.807) is 0 Å². The van der Waals surface area contributed by atoms with Crippen molar-refractivity contribution in [3.8, 4) is 0 Å². The second-order valence-corrected chi connectivity index (χ2v) is 6.66. The molecule has 0 rings (SSSR count). The summed E-state index contributed by atoms with van der Waals surface area (Å²) in [6.07, 6.45) is 5.12. The van der Waals surface area contributed by atoms with Crippen molar-refractivity contribution in [1.29, 1.82) is 0 Å². The second kappa shape index (κ2) is 9.53. The van der Waals surface area contributed by atoms with E-state index in [2.05, 4.69) is 34.6 Å². The molecule has 0 fully saturated rings. The fourth-order valence-corrected chi connectivity index (χ4v) is 2.52. The van der Waals surface area contributed by atoms with Crippen LogP contribution in [0.4, 0.5) is 0 Å². The molecule has 0 aromatic rings. The van der Waals surface area contributed by atoms with Gasteiger partial charge in [-0.05, 0) is 0 Å². The van der Waals surface area contributed by atoms with Gasteiger partial charge in [-0.3, -0.25) is 0 Å². The van der Waals surface area contributed by atoms with Gasteiger partial charge in [0.25, 0.3) is 0 Å². The van der Waals surface area contributed by atoms with Crippen LogP contribution in [0, 0.1) is 11.3 Å². The molecule has 0 saturated carbocycles. The van der Waals surface area contributed by atoms with E-state index in [1.807, 2.05) is 0 Å². The maximum atomic E-state index is 5.65. The Morgan fingerprint density at radius 3 is 2.31 bits per heavy atom. The van der Waals surface area contributed by atoms with Crippen molar-refractivity contribution in [1.82, 2.24) is 0 Å². The first kappa shape index (κ1) is 16.5. The summed E-state index contributed by atoms with van der Waals surface area (Å²) >= 11 is -0.358. The van der Waals surface area contributed by atoms with Crippen LogP contribution in [0.15, 0.2) is 0 Å². The van der Waals surface area contributed by atoms with Crippen molar-refractivity contribution in [3.05, 3.63) is 0 Å². The molecule has 1 unspecified atom stereocenters. The molecule has 0 aromatic heterocycles. The van der Waals surface area contributed by atoms with Gasteiger partial charge in [0.2, 0.25) is 0 Å². The third kappa shape index (κ3) is 11.0. The fraction of sp³-hybridized carbons (Fsp3) is 1.00. The van der Waals surface area contributed by atoms with Crippen molar-refractivity contribution >= 4 is 0 Å². The average molecular weight is 267 g/mol. The summed E-state index contributed by atoms with van der Waals surface area (Å²) in [6.45, 7) is 12.7. The summed E-state index contributed by atoms with van der Waals surface area (Å²) in [5.41, 5.74) is 0.255. The molecule has 3 heteroatoms. The van der Waals surface area contributed by atoms with E-state index in [0.717, 1.165) is 19.1 Å². The van der Waals surface area contributed by atoms with E-state index < -0.39 is 0 Å². The van der Waals surface area contributed by atoms with Crippen LogP contribution in [0.1, 0.15) is 60.3 Å². The van der Waals surface area contributed by atoms with Gasteiger partial charge in [-0.1, -0.05) is 0 Å². The van der Waals surface area contributed by atoms with E-state index in [1.165, 1.54) is 25.7 Å². The molecule has 2 nitrogen and oxygen atoms in total. The van der Waals surface area contributed by atoms with Gasteiger partial charge in [0.05, 0.1) is 0 Å². The first-order chi connectivity index (χ1) is 7.49. The van der Waals surface area contributed by atoms with Gasteiger partial charge in [-0.25, -0.2) is 0 Å². The molecule has 0 saturated heterocycles. The zero-order chi connectivity index (χ0) is 12.4. The minimum absolute atomic E-state index is 0.255. The molecular formula is C13H28O2V. The first-order valence-corrected chi connectivity index (χ1v) is 7.58. The van der Waals surface area contributed by atoms with Crippen LogP contribution in [-0.4, -0.2) is 13.2 Å². The summed E-state index contributed by atoms with van der Waals surface area (Å²) in [5.74, 6) is 0.730. The van der Waals surface area contributed by atoms with Crippen LogP contribution in [-0.2, 0) is 24.3 Å². The zero-order valence-electron chi connectivity index (χ0n) is 11.6. The van der Waals surface area contributed by atoms with Crippen molar-refractivity contribution in [2.45, 2.75) is 60.3 Å². The van der Waals surface area contributed by atoms with E-state index in [0.29, 0.717) is 0 Å². The van der Waals surface area contributed by atoms with Gasteiger partial charge in [0, 0.05) is 0 Å². The molecule has 1 atom stereocenters. The molecular weight excluding hydrogens is 239 g/mol. The monoisotopic (exact) mass is 267 g/mol. The molecule has 97 valence electrons. The molecule has 0 N–H and O–H groups in total. The predicted octanol–water partition coefficient (Wildman–Crippen LogP) is 4.19. The van der Waals surface area contributed by atoms with Crippen LogP contribution in [0.25, 0.3) is 0 Å². The molecule has 0 aliphatic rings. The number of hydrogen-bond donors (Lipinski definition) is 0. The average Bonchev–Trinajstić information content (AvgIpc) is 2.20. The topological polar surface area (TPSA) is 18.5 Å². The number of hydrogen-bond acceptors (Lipinski definition) is 2.